The SMILES string of the molecule is COc1ccc2nccc(NC(=O)N3CCC(NC(=O)OC(C)(C)C)CC3)c2n1. The minimum atomic E-state index is -0.533. The lowest BCUT2D eigenvalue weighted by Crippen LogP contribution is -2.48. The molecule has 0 atom stereocenters. The van der Waals surface area contributed by atoms with E-state index in [1.165, 1.54) is 7.11 Å². The monoisotopic (exact) mass is 401 g/mol. The predicted molar refractivity (Wildman–Crippen MR) is 109 cm³/mol. The minimum Gasteiger partial charge on any atom is -0.481 e. The van der Waals surface area contributed by atoms with Crippen LogP contribution in [0.25, 0.3) is 11.0 Å². The molecule has 2 aromatic heterocycles. The maximum atomic E-state index is 12.7. The maximum absolute atomic E-state index is 12.7. The van der Waals surface area contributed by atoms with Gasteiger partial charge in [0.15, 0.2) is 0 Å². The van der Waals surface area contributed by atoms with Crippen LogP contribution >= 0.6 is 0 Å². The number of hydrogen-bond acceptors (Lipinski definition) is 6. The van der Waals surface area contributed by atoms with E-state index in [9.17, 15) is 9.59 Å². The molecule has 1 fully saturated rings. The summed E-state index contributed by atoms with van der Waals surface area (Å²) in [5.74, 6) is 0.454. The van der Waals surface area contributed by atoms with E-state index in [0.717, 1.165) is 0 Å². The number of aromatic nitrogens is 2. The van der Waals surface area contributed by atoms with Gasteiger partial charge in [-0.2, -0.15) is 0 Å². The van der Waals surface area contributed by atoms with Crippen molar-refractivity contribution in [1.29, 1.82) is 0 Å². The van der Waals surface area contributed by atoms with Gasteiger partial charge < -0.3 is 25.0 Å². The van der Waals surface area contributed by atoms with E-state index in [2.05, 4.69) is 20.6 Å². The summed E-state index contributed by atoms with van der Waals surface area (Å²) < 4.78 is 10.5. The molecule has 2 N–H and O–H groups in total. The van der Waals surface area contributed by atoms with Crippen LogP contribution in [0.4, 0.5) is 15.3 Å². The molecule has 0 spiro atoms. The number of urea groups is 1. The summed E-state index contributed by atoms with van der Waals surface area (Å²) in [5, 5.41) is 5.78. The molecule has 0 unspecified atom stereocenters. The molecule has 1 aliphatic heterocycles. The molecule has 1 aliphatic rings. The first-order valence-corrected chi connectivity index (χ1v) is 9.60. The summed E-state index contributed by atoms with van der Waals surface area (Å²) in [7, 11) is 1.54. The van der Waals surface area contributed by atoms with Crippen molar-refractivity contribution >= 4 is 28.8 Å². The Balaban J connectivity index is 1.58. The molecule has 2 aromatic rings. The molecule has 0 radical (unpaired) electrons. The molecule has 3 heterocycles. The second-order valence-corrected chi connectivity index (χ2v) is 7.92. The summed E-state index contributed by atoms with van der Waals surface area (Å²) in [6.07, 6.45) is 2.53. The molecule has 9 heteroatoms. The molecule has 0 aliphatic carbocycles. The molecule has 29 heavy (non-hydrogen) atoms. The number of methoxy groups -OCH3 is 1. The highest BCUT2D eigenvalue weighted by molar-refractivity contribution is 5.98. The molecule has 9 nitrogen and oxygen atoms in total. The van der Waals surface area contributed by atoms with Crippen LogP contribution in [-0.4, -0.2) is 58.8 Å². The van der Waals surface area contributed by atoms with Crippen LogP contribution in [0.15, 0.2) is 24.4 Å². The van der Waals surface area contributed by atoms with Gasteiger partial charge in [-0.3, -0.25) is 4.98 Å². The third-order valence-corrected chi connectivity index (χ3v) is 4.51. The number of nitrogens with one attached hydrogen (secondary N) is 2. The first kappa shape index (κ1) is 20.6. The lowest BCUT2D eigenvalue weighted by atomic mass is 10.1. The van der Waals surface area contributed by atoms with E-state index in [-0.39, 0.29) is 12.1 Å². The highest BCUT2D eigenvalue weighted by Gasteiger charge is 2.26. The number of amides is 3. The number of carbonyl (C=O) groups is 2. The zero-order chi connectivity index (χ0) is 21.0. The van der Waals surface area contributed by atoms with E-state index < -0.39 is 11.7 Å². The third-order valence-electron chi connectivity index (χ3n) is 4.51. The second kappa shape index (κ2) is 8.50. The average Bonchev–Trinajstić information content (AvgIpc) is 2.67. The van der Waals surface area contributed by atoms with E-state index in [1.807, 2.05) is 20.8 Å². The molecule has 0 saturated carbocycles. The molecule has 0 aromatic carbocycles. The van der Waals surface area contributed by atoms with Gasteiger partial charge in [0, 0.05) is 31.4 Å². The second-order valence-electron chi connectivity index (χ2n) is 7.92. The van der Waals surface area contributed by atoms with Gasteiger partial charge in [0.1, 0.15) is 11.1 Å². The summed E-state index contributed by atoms with van der Waals surface area (Å²) in [6.45, 7) is 6.55. The molecule has 0 bridgehead atoms. The Hall–Kier alpha value is -3.10. The van der Waals surface area contributed by atoms with Crippen LogP contribution in [0.2, 0.25) is 0 Å². The Bertz CT molecular complexity index is 888. The van der Waals surface area contributed by atoms with Gasteiger partial charge in [-0.05, 0) is 45.7 Å². The highest BCUT2D eigenvalue weighted by atomic mass is 16.6. The number of likely N-dealkylation sites (tertiary alicyclic amines) is 1. The average molecular weight is 401 g/mol. The van der Waals surface area contributed by atoms with Gasteiger partial charge in [0.25, 0.3) is 0 Å². The van der Waals surface area contributed by atoms with Crippen LogP contribution in [-0.2, 0) is 4.74 Å². The standard InChI is InChI=1S/C20H27N5O4/c1-20(2,3)29-19(27)22-13-8-11-25(12-9-13)18(26)23-15-7-10-21-14-5-6-16(28-4)24-17(14)15/h5-7,10,13H,8-9,11-12H2,1-4H3,(H,22,27)(H,21,23,26). The summed E-state index contributed by atoms with van der Waals surface area (Å²) in [6, 6.07) is 5.01. The lowest BCUT2D eigenvalue weighted by Gasteiger charge is -2.32. The number of ether oxygens (including phenoxy) is 2. The number of piperidine rings is 1. The van der Waals surface area contributed by atoms with Crippen molar-refractivity contribution < 1.29 is 19.1 Å². The van der Waals surface area contributed by atoms with Gasteiger partial charge >= 0.3 is 12.1 Å². The smallest absolute Gasteiger partial charge is 0.407 e. The van der Waals surface area contributed by atoms with Gasteiger partial charge in [-0.15, -0.1) is 0 Å². The maximum Gasteiger partial charge on any atom is 0.407 e. The van der Waals surface area contributed by atoms with Crippen LogP contribution in [0.3, 0.4) is 0 Å². The van der Waals surface area contributed by atoms with Crippen molar-refractivity contribution in [2.75, 3.05) is 25.5 Å². The first-order valence-electron chi connectivity index (χ1n) is 9.60. The highest BCUT2D eigenvalue weighted by Crippen LogP contribution is 2.23. The number of anilines is 1. The van der Waals surface area contributed by atoms with Gasteiger partial charge in [-0.25, -0.2) is 14.6 Å². The fraction of sp³-hybridized carbons (Fsp3) is 0.500. The van der Waals surface area contributed by atoms with E-state index in [1.54, 1.807) is 29.3 Å². The van der Waals surface area contributed by atoms with Crippen molar-refractivity contribution in [1.82, 2.24) is 20.2 Å². The lowest BCUT2D eigenvalue weighted by molar-refractivity contribution is 0.0486. The van der Waals surface area contributed by atoms with Crippen molar-refractivity contribution in [3.8, 4) is 5.88 Å². The molecular formula is C20H27N5O4. The topological polar surface area (TPSA) is 106 Å². The molecule has 3 rings (SSSR count). The Morgan fingerprint density at radius 3 is 2.55 bits per heavy atom. The number of pyridine rings is 2. The summed E-state index contributed by atoms with van der Waals surface area (Å²) in [4.78, 5) is 35.0. The van der Waals surface area contributed by atoms with Crippen LogP contribution in [0, 0.1) is 0 Å². The van der Waals surface area contributed by atoms with Gasteiger partial charge in [-0.1, -0.05) is 0 Å². The van der Waals surface area contributed by atoms with E-state index in [0.29, 0.717) is 48.5 Å². The van der Waals surface area contributed by atoms with E-state index >= 15 is 0 Å². The van der Waals surface area contributed by atoms with Crippen molar-refractivity contribution in [2.24, 2.45) is 0 Å². The van der Waals surface area contributed by atoms with Crippen LogP contribution < -0.4 is 15.4 Å². The first-order chi connectivity index (χ1) is 13.7. The molecule has 156 valence electrons. The molecule has 1 saturated heterocycles. The number of carbonyl (C=O) groups excluding carboxylic acids is 2. The Labute approximate surface area is 169 Å². The Kier molecular flexibility index (Phi) is 6.05. The van der Waals surface area contributed by atoms with Crippen molar-refractivity contribution in [3.63, 3.8) is 0 Å². The van der Waals surface area contributed by atoms with Gasteiger partial charge in [0.05, 0.1) is 18.3 Å². The fourth-order valence-corrected chi connectivity index (χ4v) is 3.12. The number of fused-ring (bicyclic) bond motifs is 1. The van der Waals surface area contributed by atoms with Crippen molar-refractivity contribution in [2.45, 2.75) is 45.3 Å². The largest absolute Gasteiger partial charge is 0.481 e. The fourth-order valence-electron chi connectivity index (χ4n) is 3.12. The number of alkyl carbamates (subject to hydrolysis) is 1. The van der Waals surface area contributed by atoms with Crippen LogP contribution in [0.1, 0.15) is 33.6 Å². The molecule has 3 amide bonds. The Morgan fingerprint density at radius 2 is 1.90 bits per heavy atom. The number of hydrogen-bond donors (Lipinski definition) is 2. The normalized spacial score (nSPS) is 15.1. The van der Waals surface area contributed by atoms with Crippen molar-refractivity contribution in [3.05, 3.63) is 24.4 Å². The number of nitrogens with zero attached hydrogens (tertiary/aromatic N) is 3. The zero-order valence-corrected chi connectivity index (χ0v) is 17.2. The summed E-state index contributed by atoms with van der Waals surface area (Å²) >= 11 is 0. The quantitative estimate of drug-likeness (QED) is 0.818. The predicted octanol–water partition coefficient (Wildman–Crippen LogP) is 3.16. The van der Waals surface area contributed by atoms with E-state index in [4.69, 9.17) is 9.47 Å². The zero-order valence-electron chi connectivity index (χ0n) is 17.2. The van der Waals surface area contributed by atoms with Gasteiger partial charge in [0.2, 0.25) is 5.88 Å². The number of rotatable bonds is 3. The molecular weight excluding hydrogens is 374 g/mol. The summed E-state index contributed by atoms with van der Waals surface area (Å²) in [5.41, 5.74) is 1.28. The minimum absolute atomic E-state index is 0.0124. The third kappa shape index (κ3) is 5.46. The van der Waals surface area contributed by atoms with Crippen LogP contribution in [0.5, 0.6) is 5.88 Å². The Morgan fingerprint density at radius 1 is 1.17 bits per heavy atom.